The molecular weight excluding hydrogens is 451 g/mol. The molecule has 2 aromatic carbocycles. The smallest absolute Gasteiger partial charge is 0.406 e. The molecule has 0 atom stereocenters. The Morgan fingerprint density at radius 3 is 2.16 bits per heavy atom. The van der Waals surface area contributed by atoms with Crippen LogP contribution in [0.2, 0.25) is 10.0 Å². The minimum Gasteiger partial charge on any atom is -0.618 e. The molecular formula is C20H16Cl2N2O7. The van der Waals surface area contributed by atoms with Crippen molar-refractivity contribution in [3.8, 4) is 11.5 Å². The number of nitrogens with zero attached hydrogens (tertiary/aromatic N) is 2. The second-order valence-corrected chi connectivity index (χ2v) is 6.94. The number of ether oxygens (including phenoxy) is 4. The fourth-order valence-electron chi connectivity index (χ4n) is 2.75. The first-order valence-electron chi connectivity index (χ1n) is 8.68. The third-order valence-electron chi connectivity index (χ3n) is 4.27. The molecule has 0 fully saturated rings. The topological polar surface area (TPSA) is 111 Å². The summed E-state index contributed by atoms with van der Waals surface area (Å²) in [6, 6.07) is 7.15. The third kappa shape index (κ3) is 4.57. The zero-order chi connectivity index (χ0) is 22.7. The highest BCUT2D eigenvalue weighted by Crippen LogP contribution is 2.27. The van der Waals surface area contributed by atoms with Gasteiger partial charge in [0.2, 0.25) is 5.52 Å². The molecule has 0 N–H and O–H groups in total. The Morgan fingerprint density at radius 2 is 1.58 bits per heavy atom. The van der Waals surface area contributed by atoms with E-state index in [0.717, 1.165) is 7.11 Å². The molecule has 0 saturated carbocycles. The van der Waals surface area contributed by atoms with E-state index in [9.17, 15) is 14.8 Å². The zero-order valence-electron chi connectivity index (χ0n) is 16.6. The second kappa shape index (κ2) is 9.23. The number of fused-ring (bicyclic) bond motifs is 1. The minimum absolute atomic E-state index is 0.00223. The van der Waals surface area contributed by atoms with Crippen LogP contribution in [-0.2, 0) is 16.1 Å². The number of carbonyl (C=O) groups excluding carboxylic acids is 2. The van der Waals surface area contributed by atoms with Gasteiger partial charge >= 0.3 is 17.6 Å². The molecule has 0 aliphatic heterocycles. The van der Waals surface area contributed by atoms with Crippen molar-refractivity contribution in [1.29, 1.82) is 0 Å². The number of hydrogen-bond donors (Lipinski definition) is 0. The van der Waals surface area contributed by atoms with E-state index < -0.39 is 24.2 Å². The summed E-state index contributed by atoms with van der Waals surface area (Å²) in [5.74, 6) is -0.935. The van der Waals surface area contributed by atoms with Gasteiger partial charge in [-0.15, -0.1) is 0 Å². The molecule has 1 heterocycles. The summed E-state index contributed by atoms with van der Waals surface area (Å²) in [5.41, 5.74) is -0.254. The van der Waals surface area contributed by atoms with Crippen LogP contribution < -0.4 is 14.2 Å². The van der Waals surface area contributed by atoms with E-state index >= 15 is 0 Å². The van der Waals surface area contributed by atoms with Gasteiger partial charge in [-0.2, -0.15) is 4.73 Å². The van der Waals surface area contributed by atoms with Gasteiger partial charge in [-0.25, -0.2) is 14.6 Å². The molecule has 0 bridgehead atoms. The summed E-state index contributed by atoms with van der Waals surface area (Å²) in [4.78, 5) is 29.0. The number of esters is 2. The van der Waals surface area contributed by atoms with Crippen LogP contribution in [0.25, 0.3) is 11.0 Å². The maximum atomic E-state index is 12.8. The van der Waals surface area contributed by atoms with Crippen molar-refractivity contribution >= 4 is 46.2 Å². The maximum absolute atomic E-state index is 12.8. The van der Waals surface area contributed by atoms with Gasteiger partial charge in [0.05, 0.1) is 36.9 Å². The summed E-state index contributed by atoms with van der Waals surface area (Å²) >= 11 is 12.0. The summed E-state index contributed by atoms with van der Waals surface area (Å²) < 4.78 is 20.5. The van der Waals surface area contributed by atoms with E-state index in [2.05, 4.69) is 9.72 Å². The lowest BCUT2D eigenvalue weighted by Crippen LogP contribution is -2.38. The molecule has 11 heteroatoms. The van der Waals surface area contributed by atoms with Crippen LogP contribution >= 0.6 is 23.2 Å². The van der Waals surface area contributed by atoms with Crippen molar-refractivity contribution < 1.29 is 33.3 Å². The first-order valence-corrected chi connectivity index (χ1v) is 9.44. The SMILES string of the molecule is COC(=O)c1c(COC(=O)c2cc(OC)cc(OC)c2)nc2cc(Cl)c(Cl)cc2[n+]1[O-]. The Kier molecular flexibility index (Phi) is 6.67. The maximum Gasteiger partial charge on any atom is 0.406 e. The van der Waals surface area contributed by atoms with Gasteiger partial charge in [-0.05, 0) is 18.2 Å². The molecule has 0 aliphatic carbocycles. The predicted molar refractivity (Wildman–Crippen MR) is 111 cm³/mol. The quantitative estimate of drug-likeness (QED) is 0.309. The monoisotopic (exact) mass is 466 g/mol. The molecule has 162 valence electrons. The molecule has 0 saturated heterocycles. The molecule has 0 amide bonds. The fourth-order valence-corrected chi connectivity index (χ4v) is 3.07. The first-order chi connectivity index (χ1) is 14.8. The van der Waals surface area contributed by atoms with Crippen molar-refractivity contribution in [3.05, 3.63) is 62.5 Å². The van der Waals surface area contributed by atoms with Gasteiger partial charge in [-0.1, -0.05) is 23.2 Å². The summed E-state index contributed by atoms with van der Waals surface area (Å²) in [5, 5.41) is 13.1. The van der Waals surface area contributed by atoms with Crippen LogP contribution in [-0.4, -0.2) is 38.3 Å². The molecule has 0 spiro atoms. The van der Waals surface area contributed by atoms with Gasteiger partial charge in [0.25, 0.3) is 0 Å². The minimum atomic E-state index is -0.954. The lowest BCUT2D eigenvalue weighted by atomic mass is 10.2. The highest BCUT2D eigenvalue weighted by atomic mass is 35.5. The van der Waals surface area contributed by atoms with Gasteiger partial charge in [0, 0.05) is 12.1 Å². The van der Waals surface area contributed by atoms with Crippen molar-refractivity contribution in [2.45, 2.75) is 6.61 Å². The summed E-state index contributed by atoms with van der Waals surface area (Å²) in [6.07, 6.45) is 0. The van der Waals surface area contributed by atoms with Crippen molar-refractivity contribution in [3.63, 3.8) is 0 Å². The van der Waals surface area contributed by atoms with Gasteiger partial charge < -0.3 is 24.2 Å². The van der Waals surface area contributed by atoms with Crippen LogP contribution in [0.15, 0.2) is 30.3 Å². The molecule has 0 aliphatic rings. The van der Waals surface area contributed by atoms with E-state index in [0.29, 0.717) is 16.2 Å². The van der Waals surface area contributed by atoms with Crippen LogP contribution in [0.5, 0.6) is 11.5 Å². The Balaban J connectivity index is 1.99. The van der Waals surface area contributed by atoms with Crippen LogP contribution in [0.4, 0.5) is 0 Å². The molecule has 1 aromatic heterocycles. The molecule has 9 nitrogen and oxygen atoms in total. The van der Waals surface area contributed by atoms with Crippen molar-refractivity contribution in [1.82, 2.24) is 4.98 Å². The molecule has 3 aromatic rings. The average Bonchev–Trinajstić information content (AvgIpc) is 2.77. The van der Waals surface area contributed by atoms with Crippen molar-refractivity contribution in [2.24, 2.45) is 0 Å². The number of aromatic nitrogens is 2. The van der Waals surface area contributed by atoms with E-state index in [1.165, 1.54) is 38.5 Å². The fraction of sp³-hybridized carbons (Fsp3) is 0.200. The van der Waals surface area contributed by atoms with E-state index in [-0.39, 0.29) is 32.3 Å². The Morgan fingerprint density at radius 1 is 0.968 bits per heavy atom. The van der Waals surface area contributed by atoms with Gasteiger partial charge in [0.15, 0.2) is 5.69 Å². The number of carbonyl (C=O) groups is 2. The second-order valence-electron chi connectivity index (χ2n) is 6.13. The number of methoxy groups -OCH3 is 3. The predicted octanol–water partition coefficient (Wildman–Crippen LogP) is 3.34. The molecule has 0 radical (unpaired) electrons. The third-order valence-corrected chi connectivity index (χ3v) is 5.00. The first kappa shape index (κ1) is 22.4. The molecule has 0 unspecified atom stereocenters. The largest absolute Gasteiger partial charge is 0.618 e. The number of benzene rings is 2. The van der Waals surface area contributed by atoms with E-state index in [4.69, 9.17) is 37.4 Å². The summed E-state index contributed by atoms with van der Waals surface area (Å²) in [7, 11) is 3.99. The number of rotatable bonds is 6. The lowest BCUT2D eigenvalue weighted by molar-refractivity contribution is -0.581. The van der Waals surface area contributed by atoms with Crippen LogP contribution in [0, 0.1) is 5.21 Å². The molecule has 3 rings (SSSR count). The Bertz CT molecular complexity index is 1160. The highest BCUT2D eigenvalue weighted by molar-refractivity contribution is 6.42. The number of hydrogen-bond acceptors (Lipinski definition) is 8. The molecule has 31 heavy (non-hydrogen) atoms. The standard InChI is InChI=1S/C20H16Cl2N2O7/c1-28-11-4-10(5-12(6-11)29-2)19(25)31-9-16-18(20(26)30-3)24(27)17-8-14(22)13(21)7-15(17)23-16/h4-8H,9H2,1-3H3. The Hall–Kier alpha value is -3.30. The number of halogens is 2. The van der Waals surface area contributed by atoms with E-state index in [1.807, 2.05) is 0 Å². The highest BCUT2D eigenvalue weighted by Gasteiger charge is 2.28. The normalized spacial score (nSPS) is 10.6. The van der Waals surface area contributed by atoms with E-state index in [1.54, 1.807) is 6.07 Å². The lowest BCUT2D eigenvalue weighted by Gasteiger charge is -2.12. The summed E-state index contributed by atoms with van der Waals surface area (Å²) in [6.45, 7) is -0.485. The van der Waals surface area contributed by atoms with Gasteiger partial charge in [-0.3, -0.25) is 0 Å². The van der Waals surface area contributed by atoms with Crippen LogP contribution in [0.1, 0.15) is 26.5 Å². The Labute approximate surface area is 186 Å². The van der Waals surface area contributed by atoms with Gasteiger partial charge in [0.1, 0.15) is 23.6 Å². The van der Waals surface area contributed by atoms with Crippen molar-refractivity contribution in [2.75, 3.05) is 21.3 Å². The zero-order valence-corrected chi connectivity index (χ0v) is 18.1. The average molecular weight is 467 g/mol. The van der Waals surface area contributed by atoms with Crippen LogP contribution in [0.3, 0.4) is 0 Å².